The molecule has 0 atom stereocenters. The second kappa shape index (κ2) is 3.74. The van der Waals surface area contributed by atoms with Crippen LogP contribution in [0.4, 0.5) is 13.2 Å². The van der Waals surface area contributed by atoms with E-state index in [1.54, 1.807) is 7.05 Å². The molecule has 2 aromatic rings. The van der Waals surface area contributed by atoms with Crippen LogP contribution < -0.4 is 0 Å². The fourth-order valence-electron chi connectivity index (χ4n) is 1.54. The average Bonchev–Trinajstić information content (AvgIpc) is 2.51. The average molecular weight is 304 g/mol. The summed E-state index contributed by atoms with van der Waals surface area (Å²) in [6.45, 7) is 0. The van der Waals surface area contributed by atoms with Crippen LogP contribution in [0.5, 0.6) is 0 Å². The number of rotatable bonds is 0. The number of aromatic nitrogens is 2. The number of hydrogen-bond acceptors (Lipinski definition) is 2. The summed E-state index contributed by atoms with van der Waals surface area (Å²) in [5.41, 5.74) is -0.689. The lowest BCUT2D eigenvalue weighted by Crippen LogP contribution is -2.08. The number of halogens is 4. The molecule has 0 aliphatic rings. The predicted octanol–water partition coefficient (Wildman–Crippen LogP) is 3.23. The maximum atomic E-state index is 12.7. The van der Waals surface area contributed by atoms with Crippen LogP contribution in [0.25, 0.3) is 11.0 Å². The molecule has 0 aliphatic carbocycles. The summed E-state index contributed by atoms with van der Waals surface area (Å²) in [6, 6.07) is 3.62. The Hall–Kier alpha value is -1.55. The first-order valence-electron chi connectivity index (χ1n) is 4.48. The maximum absolute atomic E-state index is 12.7. The second-order valence-electron chi connectivity index (χ2n) is 3.44. The molecule has 17 heavy (non-hydrogen) atoms. The van der Waals surface area contributed by atoms with Gasteiger partial charge in [0.15, 0.2) is 4.73 Å². The van der Waals surface area contributed by atoms with Gasteiger partial charge >= 0.3 is 6.18 Å². The second-order valence-corrected chi connectivity index (χ2v) is 4.15. The van der Waals surface area contributed by atoms with Crippen LogP contribution in [0.1, 0.15) is 11.1 Å². The quantitative estimate of drug-likeness (QED) is 0.750. The van der Waals surface area contributed by atoms with Crippen LogP contribution in [0.15, 0.2) is 16.9 Å². The lowest BCUT2D eigenvalue weighted by atomic mass is 10.1. The topological polar surface area (TPSA) is 41.6 Å². The highest BCUT2D eigenvalue weighted by molar-refractivity contribution is 9.10. The molecule has 0 aliphatic heterocycles. The van der Waals surface area contributed by atoms with Crippen molar-refractivity contribution in [2.75, 3.05) is 0 Å². The molecule has 0 N–H and O–H groups in total. The number of fused-ring (bicyclic) bond motifs is 1. The van der Waals surface area contributed by atoms with Crippen molar-refractivity contribution >= 4 is 27.0 Å². The molecule has 0 saturated carbocycles. The zero-order valence-electron chi connectivity index (χ0n) is 8.51. The monoisotopic (exact) mass is 303 g/mol. The van der Waals surface area contributed by atoms with Crippen molar-refractivity contribution in [1.82, 2.24) is 9.55 Å². The van der Waals surface area contributed by atoms with Gasteiger partial charge in [0.05, 0.1) is 28.2 Å². The Kier molecular flexibility index (Phi) is 2.62. The molecule has 0 bridgehead atoms. The Bertz CT molecular complexity index is 637. The van der Waals surface area contributed by atoms with Gasteiger partial charge in [-0.05, 0) is 28.1 Å². The van der Waals surface area contributed by atoms with E-state index >= 15 is 0 Å². The van der Waals surface area contributed by atoms with E-state index in [1.807, 2.05) is 0 Å². The third-order valence-corrected chi connectivity index (χ3v) is 3.10. The van der Waals surface area contributed by atoms with Gasteiger partial charge in [0.1, 0.15) is 0 Å². The molecule has 0 saturated heterocycles. The summed E-state index contributed by atoms with van der Waals surface area (Å²) in [6.07, 6.45) is -4.55. The number of benzene rings is 1. The van der Waals surface area contributed by atoms with Crippen molar-refractivity contribution in [3.8, 4) is 6.07 Å². The van der Waals surface area contributed by atoms with Gasteiger partial charge in [-0.25, -0.2) is 4.98 Å². The SMILES string of the molecule is Cn1c(Br)nc2cc(C#N)c(C(F)(F)F)cc21. The van der Waals surface area contributed by atoms with Crippen molar-refractivity contribution in [3.63, 3.8) is 0 Å². The third-order valence-electron chi connectivity index (χ3n) is 2.39. The fourth-order valence-corrected chi connectivity index (χ4v) is 1.92. The smallest absolute Gasteiger partial charge is 0.322 e. The zero-order chi connectivity index (χ0) is 12.8. The maximum Gasteiger partial charge on any atom is 0.417 e. The largest absolute Gasteiger partial charge is 0.417 e. The summed E-state index contributed by atoms with van der Waals surface area (Å²) in [7, 11) is 1.59. The van der Waals surface area contributed by atoms with E-state index in [2.05, 4.69) is 20.9 Å². The summed E-state index contributed by atoms with van der Waals surface area (Å²) < 4.78 is 40.0. The number of nitrogens with zero attached hydrogens (tertiary/aromatic N) is 3. The molecular formula is C10H5BrF3N3. The van der Waals surface area contributed by atoms with E-state index in [0.29, 0.717) is 15.8 Å². The molecule has 3 nitrogen and oxygen atoms in total. The Morgan fingerprint density at radius 2 is 2.06 bits per heavy atom. The van der Waals surface area contributed by atoms with Gasteiger partial charge in [0.25, 0.3) is 0 Å². The number of hydrogen-bond donors (Lipinski definition) is 0. The Morgan fingerprint density at radius 3 is 2.59 bits per heavy atom. The normalized spacial score (nSPS) is 11.8. The summed E-state index contributed by atoms with van der Waals surface area (Å²) in [5, 5.41) is 8.72. The molecule has 1 heterocycles. The van der Waals surface area contributed by atoms with Gasteiger partial charge in [-0.15, -0.1) is 0 Å². The highest BCUT2D eigenvalue weighted by atomic mass is 79.9. The minimum absolute atomic E-state index is 0.322. The van der Waals surface area contributed by atoms with Crippen molar-refractivity contribution in [3.05, 3.63) is 28.0 Å². The molecule has 0 unspecified atom stereocenters. The van der Waals surface area contributed by atoms with Gasteiger partial charge in [0, 0.05) is 7.05 Å². The van der Waals surface area contributed by atoms with Gasteiger partial charge in [-0.1, -0.05) is 0 Å². The van der Waals surface area contributed by atoms with E-state index < -0.39 is 17.3 Å². The van der Waals surface area contributed by atoms with E-state index in [1.165, 1.54) is 10.6 Å². The van der Waals surface area contributed by atoms with E-state index in [9.17, 15) is 13.2 Å². The molecular weight excluding hydrogens is 299 g/mol. The number of aryl methyl sites for hydroxylation is 1. The van der Waals surface area contributed by atoms with Crippen LogP contribution in [0, 0.1) is 11.3 Å². The highest BCUT2D eigenvalue weighted by Crippen LogP contribution is 2.34. The summed E-state index contributed by atoms with van der Waals surface area (Å²) in [5.74, 6) is 0. The third kappa shape index (κ3) is 1.89. The van der Waals surface area contributed by atoms with Gasteiger partial charge in [-0.3, -0.25) is 0 Å². The Labute approximate surface area is 103 Å². The Balaban J connectivity index is 2.85. The van der Waals surface area contributed by atoms with Crippen molar-refractivity contribution in [2.45, 2.75) is 6.18 Å². The first-order chi connectivity index (χ1) is 7.84. The molecule has 1 aromatic carbocycles. The number of nitriles is 1. The van der Waals surface area contributed by atoms with Gasteiger partial charge < -0.3 is 4.57 Å². The van der Waals surface area contributed by atoms with E-state index in [-0.39, 0.29) is 0 Å². The van der Waals surface area contributed by atoms with Crippen molar-refractivity contribution < 1.29 is 13.2 Å². The van der Waals surface area contributed by atoms with Crippen LogP contribution in [0.3, 0.4) is 0 Å². The van der Waals surface area contributed by atoms with Crippen LogP contribution >= 0.6 is 15.9 Å². The Morgan fingerprint density at radius 1 is 1.41 bits per heavy atom. The number of alkyl halides is 3. The van der Waals surface area contributed by atoms with Gasteiger partial charge in [-0.2, -0.15) is 18.4 Å². The highest BCUT2D eigenvalue weighted by Gasteiger charge is 2.34. The van der Waals surface area contributed by atoms with Crippen LogP contribution in [-0.4, -0.2) is 9.55 Å². The van der Waals surface area contributed by atoms with Crippen molar-refractivity contribution in [2.24, 2.45) is 7.05 Å². The zero-order valence-corrected chi connectivity index (χ0v) is 10.1. The van der Waals surface area contributed by atoms with Crippen molar-refractivity contribution in [1.29, 1.82) is 5.26 Å². The van der Waals surface area contributed by atoms with E-state index in [4.69, 9.17) is 5.26 Å². The summed E-state index contributed by atoms with van der Waals surface area (Å²) in [4.78, 5) is 4.01. The molecule has 7 heteroatoms. The molecule has 2 rings (SSSR count). The minimum Gasteiger partial charge on any atom is -0.322 e. The minimum atomic E-state index is -4.55. The molecule has 0 spiro atoms. The molecule has 0 radical (unpaired) electrons. The molecule has 88 valence electrons. The first kappa shape index (κ1) is 11.9. The standard InChI is InChI=1S/C10H5BrF3N3/c1-17-8-3-6(10(12,13)14)5(4-15)2-7(8)16-9(17)11/h2-3H,1H3. The van der Waals surface area contributed by atoms with Gasteiger partial charge in [0.2, 0.25) is 0 Å². The molecule has 0 amide bonds. The number of imidazole rings is 1. The molecule has 0 fully saturated rings. The van der Waals surface area contributed by atoms with Crippen LogP contribution in [-0.2, 0) is 13.2 Å². The first-order valence-corrected chi connectivity index (χ1v) is 5.27. The predicted molar refractivity (Wildman–Crippen MR) is 58.1 cm³/mol. The lowest BCUT2D eigenvalue weighted by Gasteiger charge is -2.08. The lowest BCUT2D eigenvalue weighted by molar-refractivity contribution is -0.137. The summed E-state index contributed by atoms with van der Waals surface area (Å²) >= 11 is 3.12. The fraction of sp³-hybridized carbons (Fsp3) is 0.200. The van der Waals surface area contributed by atoms with Crippen LogP contribution in [0.2, 0.25) is 0 Å². The van der Waals surface area contributed by atoms with E-state index in [0.717, 1.165) is 12.1 Å². The molecule has 1 aromatic heterocycles.